The molecule has 1 aromatic carbocycles. The van der Waals surface area contributed by atoms with E-state index in [9.17, 15) is 19.2 Å². The third kappa shape index (κ3) is 6.16. The number of aromatic nitrogens is 3. The standard InChI is InChI=1S/C22H24N8O4/c1-13-8-9-16(23)17(26-13)11-24-18(31)12-30-14(2)10-25-19(21(30)33)28-29-22(34)27-20(32)15-6-4-3-5-7-15/h3-10H,11-12,23H2,1-2H3,(H,24,31)(H,25,28)(H2,27,29,32,34). The van der Waals surface area contributed by atoms with E-state index in [-0.39, 0.29) is 18.9 Å². The second-order valence-electron chi connectivity index (χ2n) is 7.30. The summed E-state index contributed by atoms with van der Waals surface area (Å²) in [6.07, 6.45) is 1.37. The summed E-state index contributed by atoms with van der Waals surface area (Å²) in [4.78, 5) is 57.4. The zero-order valence-corrected chi connectivity index (χ0v) is 18.6. The Kier molecular flexibility index (Phi) is 7.54. The summed E-state index contributed by atoms with van der Waals surface area (Å²) in [6.45, 7) is 3.25. The summed E-state index contributed by atoms with van der Waals surface area (Å²) in [7, 11) is 0. The topological polar surface area (TPSA) is 173 Å². The summed E-state index contributed by atoms with van der Waals surface area (Å²) in [5.41, 5.74) is 12.2. The molecular formula is C22H24N8O4. The first-order valence-corrected chi connectivity index (χ1v) is 10.2. The van der Waals surface area contributed by atoms with Gasteiger partial charge >= 0.3 is 6.03 Å². The minimum Gasteiger partial charge on any atom is -0.397 e. The first-order chi connectivity index (χ1) is 16.2. The van der Waals surface area contributed by atoms with Crippen LogP contribution in [0.4, 0.5) is 16.3 Å². The van der Waals surface area contributed by atoms with Gasteiger partial charge in [-0.15, -0.1) is 0 Å². The number of pyridine rings is 1. The number of aryl methyl sites for hydroxylation is 2. The van der Waals surface area contributed by atoms with Crippen molar-refractivity contribution in [1.82, 2.24) is 30.6 Å². The van der Waals surface area contributed by atoms with Crippen molar-refractivity contribution >= 4 is 29.4 Å². The van der Waals surface area contributed by atoms with Crippen molar-refractivity contribution in [2.24, 2.45) is 0 Å². The van der Waals surface area contributed by atoms with Gasteiger partial charge in [0.2, 0.25) is 11.7 Å². The molecule has 3 rings (SSSR count). The molecule has 0 aliphatic carbocycles. The quantitative estimate of drug-likeness (QED) is 0.316. The number of amides is 4. The van der Waals surface area contributed by atoms with Crippen molar-refractivity contribution in [2.45, 2.75) is 26.9 Å². The maximum atomic E-state index is 12.7. The summed E-state index contributed by atoms with van der Waals surface area (Å²) in [5, 5.41) is 4.79. The zero-order valence-electron chi connectivity index (χ0n) is 18.6. The second kappa shape index (κ2) is 10.7. The highest BCUT2D eigenvalue weighted by atomic mass is 16.2. The van der Waals surface area contributed by atoms with E-state index in [1.165, 1.54) is 10.8 Å². The third-order valence-corrected chi connectivity index (χ3v) is 4.71. The van der Waals surface area contributed by atoms with Gasteiger partial charge < -0.3 is 11.1 Å². The highest BCUT2D eigenvalue weighted by Gasteiger charge is 2.14. The zero-order chi connectivity index (χ0) is 24.7. The van der Waals surface area contributed by atoms with E-state index in [2.05, 4.69) is 31.5 Å². The fourth-order valence-electron chi connectivity index (χ4n) is 2.91. The number of nitrogens with two attached hydrogens (primary N) is 1. The Balaban J connectivity index is 1.60. The monoisotopic (exact) mass is 464 g/mol. The number of anilines is 2. The van der Waals surface area contributed by atoms with Crippen LogP contribution < -0.4 is 32.8 Å². The molecular weight excluding hydrogens is 440 g/mol. The molecule has 0 unspecified atom stereocenters. The SMILES string of the molecule is Cc1ccc(N)c(CNC(=O)Cn2c(C)cnc(NNC(=O)NC(=O)c3ccccc3)c2=O)n1. The smallest absolute Gasteiger partial charge is 0.340 e. The number of urea groups is 1. The molecule has 176 valence electrons. The summed E-state index contributed by atoms with van der Waals surface area (Å²) in [5.74, 6) is -1.29. The number of hydrogen-bond acceptors (Lipinski definition) is 8. The Bertz CT molecular complexity index is 1270. The number of nitrogens with zero attached hydrogens (tertiary/aromatic N) is 3. The van der Waals surface area contributed by atoms with Crippen molar-refractivity contribution in [1.29, 1.82) is 0 Å². The van der Waals surface area contributed by atoms with E-state index in [0.29, 0.717) is 22.6 Å². The number of rotatable bonds is 7. The van der Waals surface area contributed by atoms with Crippen LogP contribution in [0.5, 0.6) is 0 Å². The maximum Gasteiger partial charge on any atom is 0.340 e. The predicted octanol–water partition coefficient (Wildman–Crippen LogP) is 0.620. The van der Waals surface area contributed by atoms with Crippen molar-refractivity contribution in [3.8, 4) is 0 Å². The molecule has 0 radical (unpaired) electrons. The van der Waals surface area contributed by atoms with E-state index < -0.39 is 23.4 Å². The molecule has 0 saturated carbocycles. The number of nitrogen functional groups attached to an aromatic ring is 1. The van der Waals surface area contributed by atoms with Crippen LogP contribution in [0.15, 0.2) is 53.5 Å². The highest BCUT2D eigenvalue weighted by Crippen LogP contribution is 2.09. The predicted molar refractivity (Wildman–Crippen MR) is 125 cm³/mol. The number of nitrogens with one attached hydrogen (secondary N) is 4. The van der Waals surface area contributed by atoms with Crippen LogP contribution in [0.25, 0.3) is 0 Å². The van der Waals surface area contributed by atoms with Gasteiger partial charge in [0.25, 0.3) is 11.5 Å². The summed E-state index contributed by atoms with van der Waals surface area (Å²) in [6, 6.07) is 10.7. The van der Waals surface area contributed by atoms with Crippen LogP contribution >= 0.6 is 0 Å². The van der Waals surface area contributed by atoms with Gasteiger partial charge in [0, 0.05) is 23.1 Å². The van der Waals surface area contributed by atoms with Crippen LogP contribution in [0, 0.1) is 13.8 Å². The molecule has 0 aliphatic rings. The van der Waals surface area contributed by atoms with E-state index in [1.807, 2.05) is 6.92 Å². The first-order valence-electron chi connectivity index (χ1n) is 10.2. The van der Waals surface area contributed by atoms with Crippen LogP contribution in [-0.2, 0) is 17.9 Å². The van der Waals surface area contributed by atoms with E-state index in [4.69, 9.17) is 5.73 Å². The molecule has 4 amide bonds. The molecule has 0 fully saturated rings. The van der Waals surface area contributed by atoms with E-state index in [1.54, 1.807) is 49.4 Å². The Morgan fingerprint density at radius 2 is 1.79 bits per heavy atom. The number of carbonyl (C=O) groups excluding carboxylic acids is 3. The van der Waals surface area contributed by atoms with E-state index in [0.717, 1.165) is 5.69 Å². The molecule has 2 aromatic heterocycles. The van der Waals surface area contributed by atoms with Gasteiger partial charge in [-0.2, -0.15) is 0 Å². The molecule has 12 heteroatoms. The van der Waals surface area contributed by atoms with Gasteiger partial charge in [-0.25, -0.2) is 15.2 Å². The molecule has 0 aliphatic heterocycles. The molecule has 0 spiro atoms. The summed E-state index contributed by atoms with van der Waals surface area (Å²) >= 11 is 0. The number of hydrogen-bond donors (Lipinski definition) is 5. The molecule has 6 N–H and O–H groups in total. The Hall–Kier alpha value is -4.74. The van der Waals surface area contributed by atoms with E-state index >= 15 is 0 Å². The lowest BCUT2D eigenvalue weighted by Gasteiger charge is -2.13. The van der Waals surface area contributed by atoms with Crippen LogP contribution in [0.2, 0.25) is 0 Å². The minimum absolute atomic E-state index is 0.105. The Morgan fingerprint density at radius 1 is 1.06 bits per heavy atom. The average Bonchev–Trinajstić information content (AvgIpc) is 2.82. The fourth-order valence-corrected chi connectivity index (χ4v) is 2.91. The molecule has 34 heavy (non-hydrogen) atoms. The summed E-state index contributed by atoms with van der Waals surface area (Å²) < 4.78 is 1.19. The lowest BCUT2D eigenvalue weighted by molar-refractivity contribution is -0.121. The molecule has 12 nitrogen and oxygen atoms in total. The third-order valence-electron chi connectivity index (χ3n) is 4.71. The van der Waals surface area contributed by atoms with Crippen LogP contribution in [0.1, 0.15) is 27.4 Å². The molecule has 0 saturated heterocycles. The lowest BCUT2D eigenvalue weighted by atomic mass is 10.2. The average molecular weight is 464 g/mol. The highest BCUT2D eigenvalue weighted by molar-refractivity contribution is 6.04. The van der Waals surface area contributed by atoms with Gasteiger partial charge in [-0.05, 0) is 38.1 Å². The lowest BCUT2D eigenvalue weighted by Crippen LogP contribution is -2.44. The number of hydrazine groups is 1. The number of carbonyl (C=O) groups is 3. The van der Waals surface area contributed by atoms with Crippen LogP contribution in [0.3, 0.4) is 0 Å². The van der Waals surface area contributed by atoms with Gasteiger partial charge in [0.05, 0.1) is 17.9 Å². The van der Waals surface area contributed by atoms with Gasteiger partial charge in [-0.3, -0.25) is 34.7 Å². The van der Waals surface area contributed by atoms with Crippen molar-refractivity contribution < 1.29 is 14.4 Å². The van der Waals surface area contributed by atoms with Gasteiger partial charge in [-0.1, -0.05) is 18.2 Å². The Morgan fingerprint density at radius 3 is 2.53 bits per heavy atom. The fraction of sp³-hybridized carbons (Fsp3) is 0.182. The minimum atomic E-state index is -0.886. The largest absolute Gasteiger partial charge is 0.397 e. The first kappa shape index (κ1) is 23.9. The molecule has 3 aromatic rings. The van der Waals surface area contributed by atoms with Gasteiger partial charge in [0.1, 0.15) is 6.54 Å². The Labute approximate surface area is 194 Å². The normalized spacial score (nSPS) is 10.3. The molecule has 0 atom stereocenters. The maximum absolute atomic E-state index is 12.7. The molecule has 2 heterocycles. The van der Waals surface area contributed by atoms with Crippen molar-refractivity contribution in [3.63, 3.8) is 0 Å². The second-order valence-corrected chi connectivity index (χ2v) is 7.30. The number of benzene rings is 1. The van der Waals surface area contributed by atoms with Crippen LogP contribution in [-0.4, -0.2) is 32.4 Å². The van der Waals surface area contributed by atoms with Gasteiger partial charge in [0.15, 0.2) is 0 Å². The van der Waals surface area contributed by atoms with Crippen molar-refractivity contribution in [2.75, 3.05) is 11.2 Å². The molecule has 0 bridgehead atoms. The number of imide groups is 1. The van der Waals surface area contributed by atoms with Crippen molar-refractivity contribution in [3.05, 3.63) is 81.7 Å².